The van der Waals surface area contributed by atoms with Crippen molar-refractivity contribution in [2.45, 2.75) is 13.8 Å². The summed E-state index contributed by atoms with van der Waals surface area (Å²) in [6.07, 6.45) is 5.22. The minimum atomic E-state index is -0.155. The number of carbonyl (C=O) groups is 1. The molecule has 1 amide bonds. The maximum absolute atomic E-state index is 12.3. The Morgan fingerprint density at radius 1 is 1.11 bits per heavy atom. The SMILES string of the molecule is Cc1nc(Nc2ccc(NC(=O)c3scnc3C)cc2)cc(-n2ccnc2)n1. The van der Waals surface area contributed by atoms with Crippen molar-refractivity contribution in [2.75, 3.05) is 10.6 Å². The van der Waals surface area contributed by atoms with E-state index >= 15 is 0 Å². The van der Waals surface area contributed by atoms with E-state index in [2.05, 4.69) is 30.6 Å². The monoisotopic (exact) mass is 391 g/mol. The number of thiazole rings is 1. The van der Waals surface area contributed by atoms with Gasteiger partial charge in [0.15, 0.2) is 0 Å². The second kappa shape index (κ2) is 7.57. The number of carbonyl (C=O) groups excluding carboxylic acids is 1. The number of aryl methyl sites for hydroxylation is 2. The van der Waals surface area contributed by atoms with Crippen molar-refractivity contribution in [1.29, 1.82) is 0 Å². The third kappa shape index (κ3) is 3.89. The van der Waals surface area contributed by atoms with Gasteiger partial charge < -0.3 is 10.6 Å². The van der Waals surface area contributed by atoms with Crippen molar-refractivity contribution in [1.82, 2.24) is 24.5 Å². The van der Waals surface area contributed by atoms with Gasteiger partial charge in [-0.05, 0) is 38.1 Å². The maximum Gasteiger partial charge on any atom is 0.267 e. The first-order valence-electron chi connectivity index (χ1n) is 8.51. The molecule has 0 saturated carbocycles. The van der Waals surface area contributed by atoms with Gasteiger partial charge in [0.25, 0.3) is 5.91 Å². The molecule has 3 heterocycles. The zero-order valence-electron chi connectivity index (χ0n) is 15.2. The van der Waals surface area contributed by atoms with Crippen LogP contribution in [0.15, 0.2) is 54.6 Å². The van der Waals surface area contributed by atoms with E-state index < -0.39 is 0 Å². The van der Waals surface area contributed by atoms with Gasteiger partial charge in [-0.2, -0.15) is 0 Å². The Bertz CT molecular complexity index is 1100. The summed E-state index contributed by atoms with van der Waals surface area (Å²) in [4.78, 5) is 29.9. The van der Waals surface area contributed by atoms with Crippen LogP contribution in [0.5, 0.6) is 0 Å². The molecule has 4 aromatic rings. The molecule has 0 radical (unpaired) electrons. The summed E-state index contributed by atoms with van der Waals surface area (Å²) in [6.45, 7) is 3.66. The minimum Gasteiger partial charge on any atom is -0.340 e. The van der Waals surface area contributed by atoms with Gasteiger partial charge in [0.05, 0.1) is 11.2 Å². The lowest BCUT2D eigenvalue weighted by Crippen LogP contribution is -2.11. The lowest BCUT2D eigenvalue weighted by atomic mass is 10.2. The quantitative estimate of drug-likeness (QED) is 0.538. The number of nitrogens with one attached hydrogen (secondary N) is 2. The molecule has 0 saturated heterocycles. The average molecular weight is 391 g/mol. The van der Waals surface area contributed by atoms with Gasteiger partial charge in [-0.25, -0.2) is 19.9 Å². The fourth-order valence-electron chi connectivity index (χ4n) is 2.64. The van der Waals surface area contributed by atoms with E-state index in [1.807, 2.05) is 54.9 Å². The lowest BCUT2D eigenvalue weighted by molar-refractivity contribution is 0.103. The first-order chi connectivity index (χ1) is 13.6. The summed E-state index contributed by atoms with van der Waals surface area (Å²) in [5.74, 6) is 1.90. The van der Waals surface area contributed by atoms with Crippen LogP contribution in [-0.4, -0.2) is 30.4 Å². The molecule has 0 atom stereocenters. The zero-order chi connectivity index (χ0) is 19.5. The number of anilines is 3. The molecule has 0 aliphatic carbocycles. The van der Waals surface area contributed by atoms with E-state index in [4.69, 9.17) is 0 Å². The van der Waals surface area contributed by atoms with Crippen LogP contribution in [0.1, 0.15) is 21.2 Å². The van der Waals surface area contributed by atoms with Crippen LogP contribution in [-0.2, 0) is 0 Å². The molecule has 2 N–H and O–H groups in total. The highest BCUT2D eigenvalue weighted by atomic mass is 32.1. The van der Waals surface area contributed by atoms with Crippen LogP contribution >= 0.6 is 11.3 Å². The molecule has 28 heavy (non-hydrogen) atoms. The molecule has 9 heteroatoms. The summed E-state index contributed by atoms with van der Waals surface area (Å²) in [6, 6.07) is 9.27. The smallest absolute Gasteiger partial charge is 0.267 e. The number of aromatic nitrogens is 5. The Hall–Kier alpha value is -3.59. The van der Waals surface area contributed by atoms with E-state index in [1.54, 1.807) is 18.0 Å². The molecule has 0 spiro atoms. The summed E-state index contributed by atoms with van der Waals surface area (Å²) >= 11 is 1.33. The average Bonchev–Trinajstić information content (AvgIpc) is 3.34. The highest BCUT2D eigenvalue weighted by molar-refractivity contribution is 7.12. The summed E-state index contributed by atoms with van der Waals surface area (Å²) in [5, 5.41) is 6.14. The van der Waals surface area contributed by atoms with E-state index in [9.17, 15) is 4.79 Å². The zero-order valence-corrected chi connectivity index (χ0v) is 16.1. The molecular weight excluding hydrogens is 374 g/mol. The molecule has 8 nitrogen and oxygen atoms in total. The number of hydrogen-bond donors (Lipinski definition) is 2. The number of nitrogens with zero attached hydrogens (tertiary/aromatic N) is 5. The summed E-state index contributed by atoms with van der Waals surface area (Å²) in [7, 11) is 0. The molecular formula is C19H17N7OS. The van der Waals surface area contributed by atoms with Crippen molar-refractivity contribution in [3.8, 4) is 5.82 Å². The van der Waals surface area contributed by atoms with Crippen LogP contribution in [0.4, 0.5) is 17.2 Å². The third-order valence-electron chi connectivity index (χ3n) is 3.96. The number of imidazole rings is 1. The lowest BCUT2D eigenvalue weighted by Gasteiger charge is -2.10. The fraction of sp³-hybridized carbons (Fsp3) is 0.105. The van der Waals surface area contributed by atoms with Gasteiger partial charge in [-0.3, -0.25) is 9.36 Å². The van der Waals surface area contributed by atoms with Gasteiger partial charge in [0.1, 0.15) is 28.7 Å². The Morgan fingerprint density at radius 3 is 2.57 bits per heavy atom. The number of rotatable bonds is 5. The Labute approximate surface area is 165 Å². The fourth-order valence-corrected chi connectivity index (χ4v) is 3.33. The number of hydrogen-bond acceptors (Lipinski definition) is 7. The van der Waals surface area contributed by atoms with E-state index in [-0.39, 0.29) is 5.91 Å². The van der Waals surface area contributed by atoms with Crippen LogP contribution in [0.2, 0.25) is 0 Å². The molecule has 1 aromatic carbocycles. The molecule has 4 rings (SSSR count). The first kappa shape index (κ1) is 17.8. The summed E-state index contributed by atoms with van der Waals surface area (Å²) in [5.41, 5.74) is 3.95. The van der Waals surface area contributed by atoms with Crippen LogP contribution in [0, 0.1) is 13.8 Å². The number of benzene rings is 1. The predicted molar refractivity (Wildman–Crippen MR) is 108 cm³/mol. The van der Waals surface area contributed by atoms with E-state index in [1.165, 1.54) is 11.3 Å². The van der Waals surface area contributed by atoms with Crippen LogP contribution in [0.25, 0.3) is 5.82 Å². The maximum atomic E-state index is 12.3. The van der Waals surface area contributed by atoms with Crippen LogP contribution < -0.4 is 10.6 Å². The molecule has 0 aliphatic rings. The molecule has 3 aromatic heterocycles. The molecule has 0 fully saturated rings. The van der Waals surface area contributed by atoms with Gasteiger partial charge in [0, 0.05) is 29.8 Å². The highest BCUT2D eigenvalue weighted by Gasteiger charge is 2.12. The van der Waals surface area contributed by atoms with Gasteiger partial charge in [0.2, 0.25) is 0 Å². The first-order valence-corrected chi connectivity index (χ1v) is 9.39. The summed E-state index contributed by atoms with van der Waals surface area (Å²) < 4.78 is 1.82. The normalized spacial score (nSPS) is 10.6. The standard InChI is InChI=1S/C19H17N7OS/c1-12-18(28-11-21-12)19(27)25-15-5-3-14(4-6-15)24-16-9-17(23-13(2)22-16)26-8-7-20-10-26/h3-11H,1-2H3,(H,25,27)(H,22,23,24). The molecule has 0 unspecified atom stereocenters. The Kier molecular flexibility index (Phi) is 4.81. The Balaban J connectivity index is 1.48. The largest absolute Gasteiger partial charge is 0.340 e. The van der Waals surface area contributed by atoms with Crippen molar-refractivity contribution >= 4 is 34.4 Å². The van der Waals surface area contributed by atoms with Crippen molar-refractivity contribution in [2.24, 2.45) is 0 Å². The number of amides is 1. The van der Waals surface area contributed by atoms with Crippen molar-refractivity contribution in [3.63, 3.8) is 0 Å². The molecule has 140 valence electrons. The van der Waals surface area contributed by atoms with Crippen molar-refractivity contribution < 1.29 is 4.79 Å². The van der Waals surface area contributed by atoms with E-state index in [0.29, 0.717) is 22.2 Å². The highest BCUT2D eigenvalue weighted by Crippen LogP contribution is 2.21. The van der Waals surface area contributed by atoms with Gasteiger partial charge in [-0.1, -0.05) is 0 Å². The second-order valence-electron chi connectivity index (χ2n) is 6.05. The second-order valence-corrected chi connectivity index (χ2v) is 6.91. The van der Waals surface area contributed by atoms with Crippen LogP contribution in [0.3, 0.4) is 0 Å². The van der Waals surface area contributed by atoms with Gasteiger partial charge >= 0.3 is 0 Å². The van der Waals surface area contributed by atoms with E-state index in [0.717, 1.165) is 17.2 Å². The third-order valence-corrected chi connectivity index (χ3v) is 4.89. The van der Waals surface area contributed by atoms with Gasteiger partial charge in [-0.15, -0.1) is 11.3 Å². The molecule has 0 aliphatic heterocycles. The molecule has 0 bridgehead atoms. The predicted octanol–water partition coefficient (Wildman–Crippen LogP) is 3.73. The topological polar surface area (TPSA) is 97.6 Å². The van der Waals surface area contributed by atoms with Crippen molar-refractivity contribution in [3.05, 3.63) is 71.0 Å². The Morgan fingerprint density at radius 2 is 1.89 bits per heavy atom. The minimum absolute atomic E-state index is 0.155.